The van der Waals surface area contributed by atoms with Crippen molar-refractivity contribution in [3.05, 3.63) is 17.7 Å². The van der Waals surface area contributed by atoms with Gasteiger partial charge < -0.3 is 5.73 Å². The van der Waals surface area contributed by atoms with E-state index in [1.807, 2.05) is 6.92 Å². The minimum Gasteiger partial charge on any atom is -0.320 e. The topological polar surface area (TPSA) is 64.7 Å². The molecule has 0 amide bonds. The van der Waals surface area contributed by atoms with Crippen molar-refractivity contribution in [1.82, 2.24) is 15.2 Å². The van der Waals surface area contributed by atoms with Crippen LogP contribution in [0, 0.1) is 6.92 Å². The zero-order valence-electron chi connectivity index (χ0n) is 6.41. The van der Waals surface area contributed by atoms with Crippen molar-refractivity contribution in [3.8, 4) is 0 Å². The summed E-state index contributed by atoms with van der Waals surface area (Å²) in [5, 5.41) is 7.69. The summed E-state index contributed by atoms with van der Waals surface area (Å²) in [5.74, 6) is 0. The summed E-state index contributed by atoms with van der Waals surface area (Å²) < 4.78 is 0. The van der Waals surface area contributed by atoms with Crippen LogP contribution >= 0.6 is 0 Å². The van der Waals surface area contributed by atoms with Gasteiger partial charge in [0, 0.05) is 0 Å². The van der Waals surface area contributed by atoms with Crippen molar-refractivity contribution in [1.29, 1.82) is 0 Å². The fourth-order valence-electron chi connectivity index (χ4n) is 1.16. The van der Waals surface area contributed by atoms with E-state index in [-0.39, 0.29) is 5.54 Å². The van der Waals surface area contributed by atoms with Gasteiger partial charge in [0.05, 0.1) is 11.2 Å². The van der Waals surface area contributed by atoms with E-state index in [2.05, 4.69) is 15.2 Å². The third-order valence-electron chi connectivity index (χ3n) is 2.06. The third-order valence-corrected chi connectivity index (χ3v) is 2.06. The second-order valence-electron chi connectivity index (χ2n) is 3.05. The Balaban J connectivity index is 2.45. The monoisotopic (exact) mass is 150 g/mol. The molecule has 4 heteroatoms. The summed E-state index contributed by atoms with van der Waals surface area (Å²) in [6.45, 7) is 1.91. The molecule has 0 saturated heterocycles. The van der Waals surface area contributed by atoms with E-state index in [1.165, 1.54) is 6.33 Å². The van der Waals surface area contributed by atoms with Crippen LogP contribution in [-0.2, 0) is 5.54 Å². The van der Waals surface area contributed by atoms with Gasteiger partial charge in [-0.2, -0.15) is 5.10 Å². The molecular formula is C7H10N4. The van der Waals surface area contributed by atoms with Crippen molar-refractivity contribution in [2.24, 2.45) is 5.73 Å². The standard InChI is InChI=1S/C7H10N4/c1-5-6(7(8)2-3-7)11-10-4-9-5/h4H,2-3,8H2,1H3. The van der Waals surface area contributed by atoms with Gasteiger partial charge in [-0.05, 0) is 19.8 Å². The fourth-order valence-corrected chi connectivity index (χ4v) is 1.16. The molecule has 0 unspecified atom stereocenters. The van der Waals surface area contributed by atoms with Crippen molar-refractivity contribution in [2.45, 2.75) is 25.3 Å². The molecular weight excluding hydrogens is 140 g/mol. The molecule has 0 bridgehead atoms. The minimum absolute atomic E-state index is 0.203. The van der Waals surface area contributed by atoms with Gasteiger partial charge in [-0.25, -0.2) is 4.98 Å². The number of nitrogens with zero attached hydrogens (tertiary/aromatic N) is 3. The highest BCUT2D eigenvalue weighted by Gasteiger charge is 2.43. The SMILES string of the molecule is Cc1ncnnc1C1(N)CC1. The first-order valence-corrected chi connectivity index (χ1v) is 3.66. The maximum absolute atomic E-state index is 5.93. The first-order valence-electron chi connectivity index (χ1n) is 3.66. The molecule has 11 heavy (non-hydrogen) atoms. The molecule has 0 atom stereocenters. The highest BCUT2D eigenvalue weighted by atomic mass is 15.2. The highest BCUT2D eigenvalue weighted by molar-refractivity contribution is 5.23. The van der Waals surface area contributed by atoms with E-state index in [9.17, 15) is 0 Å². The molecule has 4 nitrogen and oxygen atoms in total. The third kappa shape index (κ3) is 0.991. The predicted molar refractivity (Wildman–Crippen MR) is 39.7 cm³/mol. The predicted octanol–water partition coefficient (Wildman–Crippen LogP) is 0.128. The Morgan fingerprint density at radius 1 is 1.55 bits per heavy atom. The highest BCUT2D eigenvalue weighted by Crippen LogP contribution is 2.41. The molecule has 0 spiro atoms. The lowest BCUT2D eigenvalue weighted by Gasteiger charge is -2.07. The molecule has 1 aromatic heterocycles. The maximum atomic E-state index is 5.93. The summed E-state index contributed by atoms with van der Waals surface area (Å²) in [6.07, 6.45) is 3.47. The molecule has 0 aliphatic heterocycles. The van der Waals surface area contributed by atoms with Crippen LogP contribution in [0.4, 0.5) is 0 Å². The smallest absolute Gasteiger partial charge is 0.138 e. The van der Waals surface area contributed by atoms with Gasteiger partial charge in [0.2, 0.25) is 0 Å². The van der Waals surface area contributed by atoms with E-state index in [1.54, 1.807) is 0 Å². The van der Waals surface area contributed by atoms with Gasteiger partial charge in [-0.15, -0.1) is 5.10 Å². The lowest BCUT2D eigenvalue weighted by Crippen LogP contribution is -2.22. The Morgan fingerprint density at radius 2 is 2.27 bits per heavy atom. The second kappa shape index (κ2) is 1.98. The zero-order chi connectivity index (χ0) is 7.90. The fraction of sp³-hybridized carbons (Fsp3) is 0.571. The van der Waals surface area contributed by atoms with Crippen LogP contribution in [-0.4, -0.2) is 15.2 Å². The molecule has 1 aromatic rings. The van der Waals surface area contributed by atoms with E-state index in [0.29, 0.717) is 0 Å². The quantitative estimate of drug-likeness (QED) is 0.618. The first-order chi connectivity index (χ1) is 5.22. The van der Waals surface area contributed by atoms with E-state index >= 15 is 0 Å². The number of hydrogen-bond acceptors (Lipinski definition) is 4. The molecule has 2 N–H and O–H groups in total. The zero-order valence-corrected chi connectivity index (χ0v) is 6.41. The van der Waals surface area contributed by atoms with Gasteiger partial charge in [0.15, 0.2) is 0 Å². The Bertz CT molecular complexity index is 280. The van der Waals surface area contributed by atoms with Crippen molar-refractivity contribution in [2.75, 3.05) is 0 Å². The molecule has 1 aliphatic rings. The molecule has 1 aliphatic carbocycles. The Morgan fingerprint density at radius 3 is 2.82 bits per heavy atom. The largest absolute Gasteiger partial charge is 0.320 e. The van der Waals surface area contributed by atoms with Crippen LogP contribution in [0.1, 0.15) is 24.2 Å². The number of aromatic nitrogens is 3. The summed E-state index contributed by atoms with van der Waals surface area (Å²) in [6, 6.07) is 0. The van der Waals surface area contributed by atoms with Crippen LogP contribution in [0.25, 0.3) is 0 Å². The van der Waals surface area contributed by atoms with E-state index in [4.69, 9.17) is 5.73 Å². The van der Waals surface area contributed by atoms with Crippen LogP contribution in [0.15, 0.2) is 6.33 Å². The molecule has 58 valence electrons. The second-order valence-corrected chi connectivity index (χ2v) is 3.05. The summed E-state index contributed by atoms with van der Waals surface area (Å²) in [4.78, 5) is 4.03. The Kier molecular flexibility index (Phi) is 1.20. The Hall–Kier alpha value is -1.03. The van der Waals surface area contributed by atoms with Crippen LogP contribution in [0.3, 0.4) is 0 Å². The average molecular weight is 150 g/mol. The van der Waals surface area contributed by atoms with Gasteiger partial charge in [0.1, 0.15) is 12.0 Å². The molecule has 2 rings (SSSR count). The normalized spacial score (nSPS) is 19.8. The number of nitrogens with two attached hydrogens (primary N) is 1. The van der Waals surface area contributed by atoms with E-state index < -0.39 is 0 Å². The van der Waals surface area contributed by atoms with Crippen molar-refractivity contribution in [3.63, 3.8) is 0 Å². The maximum Gasteiger partial charge on any atom is 0.138 e. The number of hydrogen-bond donors (Lipinski definition) is 1. The van der Waals surface area contributed by atoms with Crippen LogP contribution in [0.5, 0.6) is 0 Å². The molecule has 1 fully saturated rings. The van der Waals surface area contributed by atoms with E-state index in [0.717, 1.165) is 24.2 Å². The average Bonchev–Trinajstić information content (AvgIpc) is 2.70. The van der Waals surface area contributed by atoms with Crippen LogP contribution < -0.4 is 5.73 Å². The summed E-state index contributed by atoms with van der Waals surface area (Å²) in [5.41, 5.74) is 7.49. The van der Waals surface area contributed by atoms with Crippen molar-refractivity contribution < 1.29 is 0 Å². The van der Waals surface area contributed by atoms with Gasteiger partial charge in [-0.1, -0.05) is 0 Å². The summed E-state index contributed by atoms with van der Waals surface area (Å²) in [7, 11) is 0. The van der Waals surface area contributed by atoms with Gasteiger partial charge in [0.25, 0.3) is 0 Å². The Labute approximate surface area is 64.9 Å². The molecule has 0 aromatic carbocycles. The van der Waals surface area contributed by atoms with Crippen LogP contribution in [0.2, 0.25) is 0 Å². The van der Waals surface area contributed by atoms with Gasteiger partial charge in [-0.3, -0.25) is 0 Å². The molecule has 0 radical (unpaired) electrons. The molecule has 1 heterocycles. The summed E-state index contributed by atoms with van der Waals surface area (Å²) >= 11 is 0. The first kappa shape index (κ1) is 6.67. The lowest BCUT2D eigenvalue weighted by molar-refractivity contribution is 0.665. The lowest BCUT2D eigenvalue weighted by atomic mass is 10.1. The minimum atomic E-state index is -0.203. The van der Waals surface area contributed by atoms with Gasteiger partial charge >= 0.3 is 0 Å². The number of rotatable bonds is 1. The number of aryl methyl sites for hydroxylation is 1. The van der Waals surface area contributed by atoms with Crippen molar-refractivity contribution >= 4 is 0 Å². The molecule has 1 saturated carbocycles.